The summed E-state index contributed by atoms with van der Waals surface area (Å²) in [6, 6.07) is 6.00. The van der Waals surface area contributed by atoms with Crippen molar-refractivity contribution in [3.05, 3.63) is 52.3 Å². The lowest BCUT2D eigenvalue weighted by atomic mass is 10.2. The number of rotatable bonds is 7. The van der Waals surface area contributed by atoms with Gasteiger partial charge in [0.1, 0.15) is 10.9 Å². The van der Waals surface area contributed by atoms with Crippen molar-refractivity contribution in [2.75, 3.05) is 25.2 Å². The van der Waals surface area contributed by atoms with Crippen molar-refractivity contribution in [1.82, 2.24) is 15.1 Å². The average molecular weight is 496 g/mol. The molecule has 33 heavy (non-hydrogen) atoms. The second-order valence-corrected chi connectivity index (χ2v) is 9.90. The molecule has 0 bridgehead atoms. The molecule has 1 N–H and O–H groups in total. The van der Waals surface area contributed by atoms with Gasteiger partial charge in [0.2, 0.25) is 0 Å². The van der Waals surface area contributed by atoms with E-state index in [0.29, 0.717) is 23.4 Å². The molecule has 1 aliphatic rings. The molecule has 12 heteroatoms. The molecular weight excluding hydrogens is 474 g/mol. The van der Waals surface area contributed by atoms with Crippen LogP contribution in [0.2, 0.25) is 5.15 Å². The van der Waals surface area contributed by atoms with Crippen LogP contribution in [0, 0.1) is 6.92 Å². The maximum Gasteiger partial charge on any atom is 0.331 e. The highest BCUT2D eigenvalue weighted by Gasteiger charge is 2.31. The largest absolute Gasteiger partial charge is 0.496 e. The summed E-state index contributed by atoms with van der Waals surface area (Å²) >= 11 is 6.34. The van der Waals surface area contributed by atoms with Crippen LogP contribution in [0.4, 0.5) is 0 Å². The van der Waals surface area contributed by atoms with Gasteiger partial charge in [-0.3, -0.25) is 14.9 Å². The van der Waals surface area contributed by atoms with E-state index in [1.54, 1.807) is 25.1 Å². The van der Waals surface area contributed by atoms with E-state index in [1.165, 1.54) is 23.9 Å². The summed E-state index contributed by atoms with van der Waals surface area (Å²) in [5, 5.41) is 6.61. The zero-order valence-corrected chi connectivity index (χ0v) is 19.5. The first-order chi connectivity index (χ1) is 15.6. The maximum atomic E-state index is 12.2. The normalized spacial score (nSPS) is 17.1. The summed E-state index contributed by atoms with van der Waals surface area (Å²) < 4.78 is 34.8. The Morgan fingerprint density at radius 2 is 2.03 bits per heavy atom. The number of ether oxygens (including phenoxy) is 2. The Balaban J connectivity index is 1.56. The van der Waals surface area contributed by atoms with Crippen molar-refractivity contribution in [3.8, 4) is 5.75 Å². The standard InChI is InChI=1S/C21H22ClN3O7S/c1-13-15(20(22)25(24-13)14-9-10-33(29,30)12-14)7-8-19(27)32-11-18(26)23-21(28)16-5-3-4-6-17(16)31-2/h3-8,14H,9-12H2,1-2H3,(H,23,26,28)/b8-7+/t14-/m1/s1. The molecule has 3 rings (SSSR count). The lowest BCUT2D eigenvalue weighted by Crippen LogP contribution is -2.34. The van der Waals surface area contributed by atoms with Gasteiger partial charge in [-0.1, -0.05) is 23.7 Å². The van der Waals surface area contributed by atoms with E-state index in [0.717, 1.165) is 6.08 Å². The van der Waals surface area contributed by atoms with Crippen molar-refractivity contribution in [1.29, 1.82) is 0 Å². The number of aryl methyl sites for hydroxylation is 1. The number of amides is 2. The highest BCUT2D eigenvalue weighted by Crippen LogP contribution is 2.30. The molecule has 1 aromatic heterocycles. The molecule has 2 aromatic rings. The van der Waals surface area contributed by atoms with E-state index < -0.39 is 34.2 Å². The molecule has 1 aromatic carbocycles. The number of carbonyl (C=O) groups is 3. The Kier molecular flexibility index (Phi) is 7.54. The molecule has 0 radical (unpaired) electrons. The van der Waals surface area contributed by atoms with Gasteiger partial charge in [-0.05, 0) is 31.6 Å². The minimum Gasteiger partial charge on any atom is -0.496 e. The molecule has 0 spiro atoms. The van der Waals surface area contributed by atoms with Gasteiger partial charge in [0.05, 0.1) is 35.9 Å². The quantitative estimate of drug-likeness (QED) is 0.453. The van der Waals surface area contributed by atoms with Crippen LogP contribution in [0.5, 0.6) is 5.75 Å². The number of methoxy groups -OCH3 is 1. The lowest BCUT2D eigenvalue weighted by molar-refractivity contribution is -0.143. The summed E-state index contributed by atoms with van der Waals surface area (Å²) in [5.74, 6) is -1.99. The fraction of sp³-hybridized carbons (Fsp3) is 0.333. The van der Waals surface area contributed by atoms with Crippen LogP contribution < -0.4 is 10.1 Å². The molecule has 1 aliphatic heterocycles. The summed E-state index contributed by atoms with van der Waals surface area (Å²) in [4.78, 5) is 36.2. The predicted octanol–water partition coefficient (Wildman–Crippen LogP) is 1.73. The van der Waals surface area contributed by atoms with Crippen molar-refractivity contribution in [2.45, 2.75) is 19.4 Å². The number of sulfone groups is 1. The number of para-hydroxylation sites is 1. The topological polar surface area (TPSA) is 134 Å². The van der Waals surface area contributed by atoms with Gasteiger partial charge in [-0.25, -0.2) is 17.9 Å². The van der Waals surface area contributed by atoms with E-state index >= 15 is 0 Å². The van der Waals surface area contributed by atoms with Crippen molar-refractivity contribution in [3.63, 3.8) is 0 Å². The number of benzene rings is 1. The highest BCUT2D eigenvalue weighted by molar-refractivity contribution is 7.91. The van der Waals surface area contributed by atoms with Crippen molar-refractivity contribution >= 4 is 45.3 Å². The van der Waals surface area contributed by atoms with Gasteiger partial charge < -0.3 is 9.47 Å². The third-order valence-corrected chi connectivity index (χ3v) is 7.09. The molecule has 0 saturated carbocycles. The number of esters is 1. The predicted molar refractivity (Wildman–Crippen MR) is 120 cm³/mol. The summed E-state index contributed by atoms with van der Waals surface area (Å²) in [5.41, 5.74) is 1.11. The minimum atomic E-state index is -3.12. The highest BCUT2D eigenvalue weighted by atomic mass is 35.5. The molecule has 1 atom stereocenters. The minimum absolute atomic E-state index is 0.0400. The monoisotopic (exact) mass is 495 g/mol. The molecule has 1 fully saturated rings. The Labute approximate surface area is 195 Å². The Morgan fingerprint density at radius 3 is 2.70 bits per heavy atom. The number of aromatic nitrogens is 2. The van der Waals surface area contributed by atoms with Gasteiger partial charge in [0, 0.05) is 11.6 Å². The van der Waals surface area contributed by atoms with Gasteiger partial charge in [0.15, 0.2) is 16.4 Å². The van der Waals surface area contributed by atoms with Gasteiger partial charge in [-0.15, -0.1) is 0 Å². The molecular formula is C21H22ClN3O7S. The number of hydrogen-bond donors (Lipinski definition) is 1. The fourth-order valence-corrected chi connectivity index (χ4v) is 5.40. The van der Waals surface area contributed by atoms with Crippen LogP contribution in [0.3, 0.4) is 0 Å². The Morgan fingerprint density at radius 1 is 1.30 bits per heavy atom. The molecule has 2 heterocycles. The number of hydrogen-bond acceptors (Lipinski definition) is 8. The number of carbonyl (C=O) groups excluding carboxylic acids is 3. The van der Waals surface area contributed by atoms with Crippen LogP contribution in [0.25, 0.3) is 6.08 Å². The van der Waals surface area contributed by atoms with Crippen molar-refractivity contribution in [2.24, 2.45) is 0 Å². The maximum absolute atomic E-state index is 12.2. The molecule has 10 nitrogen and oxygen atoms in total. The molecule has 2 amide bonds. The zero-order valence-electron chi connectivity index (χ0n) is 17.9. The van der Waals surface area contributed by atoms with E-state index in [-0.39, 0.29) is 28.3 Å². The van der Waals surface area contributed by atoms with Gasteiger partial charge in [-0.2, -0.15) is 5.10 Å². The van der Waals surface area contributed by atoms with Gasteiger partial charge in [0.25, 0.3) is 11.8 Å². The average Bonchev–Trinajstić information content (AvgIpc) is 3.28. The van der Waals surface area contributed by atoms with Crippen LogP contribution in [-0.2, 0) is 24.2 Å². The lowest BCUT2D eigenvalue weighted by Gasteiger charge is -2.09. The summed E-state index contributed by atoms with van der Waals surface area (Å²) in [6.45, 7) is 1.00. The van der Waals surface area contributed by atoms with Crippen LogP contribution in [0.15, 0.2) is 30.3 Å². The third-order valence-electron chi connectivity index (χ3n) is 4.96. The zero-order chi connectivity index (χ0) is 24.2. The van der Waals surface area contributed by atoms with E-state index in [9.17, 15) is 22.8 Å². The number of imide groups is 1. The Hall–Kier alpha value is -3.18. The van der Waals surface area contributed by atoms with Crippen LogP contribution >= 0.6 is 11.6 Å². The third kappa shape index (κ3) is 5.99. The second kappa shape index (κ2) is 10.2. The summed E-state index contributed by atoms with van der Waals surface area (Å²) in [7, 11) is -1.72. The van der Waals surface area contributed by atoms with E-state index in [4.69, 9.17) is 21.1 Å². The van der Waals surface area contributed by atoms with Gasteiger partial charge >= 0.3 is 5.97 Å². The van der Waals surface area contributed by atoms with E-state index in [1.807, 2.05) is 0 Å². The number of halogens is 1. The first-order valence-corrected chi connectivity index (χ1v) is 12.1. The number of nitrogens with zero attached hydrogens (tertiary/aromatic N) is 2. The fourth-order valence-electron chi connectivity index (χ4n) is 3.33. The molecule has 0 unspecified atom stereocenters. The van der Waals surface area contributed by atoms with E-state index in [2.05, 4.69) is 10.4 Å². The molecule has 176 valence electrons. The molecule has 0 aliphatic carbocycles. The number of nitrogens with one attached hydrogen (secondary N) is 1. The smallest absolute Gasteiger partial charge is 0.331 e. The first-order valence-electron chi connectivity index (χ1n) is 9.88. The molecule has 1 saturated heterocycles. The van der Waals surface area contributed by atoms with Crippen LogP contribution in [0.1, 0.15) is 34.1 Å². The van der Waals surface area contributed by atoms with Crippen LogP contribution in [-0.4, -0.2) is 61.2 Å². The first kappa shape index (κ1) is 24.5. The van der Waals surface area contributed by atoms with Crippen molar-refractivity contribution < 1.29 is 32.3 Å². The Bertz CT molecular complexity index is 1220. The SMILES string of the molecule is COc1ccccc1C(=O)NC(=O)COC(=O)/C=C/c1c(C)nn([C@@H]2CCS(=O)(=O)C2)c1Cl. The second-order valence-electron chi connectivity index (χ2n) is 7.31. The summed E-state index contributed by atoms with van der Waals surface area (Å²) in [6.07, 6.45) is 2.86.